The van der Waals surface area contributed by atoms with E-state index in [0.717, 1.165) is 0 Å². The van der Waals surface area contributed by atoms with Crippen molar-refractivity contribution in [2.75, 3.05) is 44.8 Å². The Morgan fingerprint density at radius 3 is 2.36 bits per heavy atom. The van der Waals surface area contributed by atoms with Crippen molar-refractivity contribution in [2.45, 2.75) is 10.8 Å². The summed E-state index contributed by atoms with van der Waals surface area (Å²) >= 11 is 0. The number of ether oxygens (including phenoxy) is 1. The summed E-state index contributed by atoms with van der Waals surface area (Å²) in [5, 5.41) is 10.9. The van der Waals surface area contributed by atoms with Gasteiger partial charge in [-0.25, -0.2) is 17.2 Å². The fourth-order valence-electron chi connectivity index (χ4n) is 1.97. The first-order chi connectivity index (χ1) is 10.3. The van der Waals surface area contributed by atoms with Crippen LogP contribution in [0.2, 0.25) is 0 Å². The second-order valence-corrected chi connectivity index (χ2v) is 6.85. The van der Waals surface area contributed by atoms with Gasteiger partial charge >= 0.3 is 0 Å². The fourth-order valence-corrected chi connectivity index (χ4v) is 3.38. The van der Waals surface area contributed by atoms with Crippen LogP contribution in [0.4, 0.5) is 14.5 Å². The highest BCUT2D eigenvalue weighted by atomic mass is 32.2. The molecule has 1 heterocycles. The van der Waals surface area contributed by atoms with E-state index in [4.69, 9.17) is 9.84 Å². The molecule has 0 aliphatic carbocycles. The lowest BCUT2D eigenvalue weighted by molar-refractivity contribution is -0.0372. The van der Waals surface area contributed by atoms with Crippen LogP contribution in [0, 0.1) is 0 Å². The van der Waals surface area contributed by atoms with Gasteiger partial charge in [0.15, 0.2) is 0 Å². The molecule has 0 bridgehead atoms. The van der Waals surface area contributed by atoms with E-state index in [0.29, 0.717) is 32.0 Å². The Kier molecular flexibility index (Phi) is 5.32. The molecule has 9 heteroatoms. The van der Waals surface area contributed by atoms with Crippen molar-refractivity contribution >= 4 is 15.7 Å². The molecule has 1 fully saturated rings. The standard InChI is InChI=1S/C13H18F2N2O4S/c14-13(15,10-18)9-16-11-1-3-12(4-2-11)22(19,20)17-5-7-21-8-6-17/h1-4,16,18H,5-10H2. The number of alkyl halides is 2. The zero-order valence-electron chi connectivity index (χ0n) is 11.8. The van der Waals surface area contributed by atoms with Gasteiger partial charge in [0.1, 0.15) is 6.61 Å². The van der Waals surface area contributed by atoms with Crippen molar-refractivity contribution in [2.24, 2.45) is 0 Å². The molecule has 1 aromatic rings. The van der Waals surface area contributed by atoms with E-state index in [1.54, 1.807) is 0 Å². The van der Waals surface area contributed by atoms with Crippen LogP contribution in [0.3, 0.4) is 0 Å². The molecule has 2 rings (SSSR count). The zero-order valence-corrected chi connectivity index (χ0v) is 12.7. The second-order valence-electron chi connectivity index (χ2n) is 4.91. The van der Waals surface area contributed by atoms with Crippen molar-refractivity contribution in [1.82, 2.24) is 4.31 Å². The lowest BCUT2D eigenvalue weighted by Crippen LogP contribution is -2.40. The third-order valence-corrected chi connectivity index (χ3v) is 5.16. The SMILES string of the molecule is O=S(=O)(c1ccc(NCC(F)(F)CO)cc1)N1CCOCC1. The molecule has 2 N–H and O–H groups in total. The summed E-state index contributed by atoms with van der Waals surface area (Å²) in [6.45, 7) is -0.664. The number of nitrogens with one attached hydrogen (secondary N) is 1. The lowest BCUT2D eigenvalue weighted by Gasteiger charge is -2.26. The Bertz CT molecular complexity index is 587. The molecule has 6 nitrogen and oxygen atoms in total. The van der Waals surface area contributed by atoms with Crippen molar-refractivity contribution in [1.29, 1.82) is 0 Å². The van der Waals surface area contributed by atoms with Crippen LogP contribution in [-0.4, -0.2) is 63.2 Å². The molecule has 0 atom stereocenters. The molecule has 0 aromatic heterocycles. The molecule has 0 spiro atoms. The number of hydrogen-bond donors (Lipinski definition) is 2. The van der Waals surface area contributed by atoms with Crippen molar-refractivity contribution in [3.63, 3.8) is 0 Å². The molecule has 0 saturated carbocycles. The van der Waals surface area contributed by atoms with E-state index < -0.39 is 29.1 Å². The predicted molar refractivity (Wildman–Crippen MR) is 76.5 cm³/mol. The van der Waals surface area contributed by atoms with E-state index in [-0.39, 0.29) is 4.90 Å². The van der Waals surface area contributed by atoms with Gasteiger partial charge in [0.2, 0.25) is 10.0 Å². The van der Waals surface area contributed by atoms with E-state index in [9.17, 15) is 17.2 Å². The molecular weight excluding hydrogens is 318 g/mol. The van der Waals surface area contributed by atoms with Crippen molar-refractivity contribution in [3.8, 4) is 0 Å². The summed E-state index contributed by atoms with van der Waals surface area (Å²) in [4.78, 5) is 0.105. The van der Waals surface area contributed by atoms with Gasteiger partial charge in [0.05, 0.1) is 24.7 Å². The number of rotatable bonds is 6. The quantitative estimate of drug-likeness (QED) is 0.801. The Morgan fingerprint density at radius 1 is 1.23 bits per heavy atom. The zero-order chi connectivity index (χ0) is 16.2. The molecule has 1 saturated heterocycles. The molecule has 1 aromatic carbocycles. The minimum Gasteiger partial charge on any atom is -0.390 e. The molecule has 124 valence electrons. The molecule has 1 aliphatic heterocycles. The summed E-state index contributed by atoms with van der Waals surface area (Å²) in [7, 11) is -3.59. The number of anilines is 1. The topological polar surface area (TPSA) is 78.9 Å². The minimum atomic E-state index is -3.59. The summed E-state index contributed by atoms with van der Waals surface area (Å²) < 4.78 is 57.0. The molecule has 1 aliphatic rings. The van der Waals surface area contributed by atoms with Crippen molar-refractivity contribution in [3.05, 3.63) is 24.3 Å². The Balaban J connectivity index is 2.05. The van der Waals surface area contributed by atoms with Gasteiger partial charge in [-0.05, 0) is 24.3 Å². The van der Waals surface area contributed by atoms with Gasteiger partial charge in [-0.3, -0.25) is 0 Å². The summed E-state index contributed by atoms with van der Waals surface area (Å²) in [5.41, 5.74) is 0.356. The molecule has 0 unspecified atom stereocenters. The van der Waals surface area contributed by atoms with Gasteiger partial charge in [-0.1, -0.05) is 0 Å². The number of aliphatic hydroxyl groups is 1. The van der Waals surface area contributed by atoms with Gasteiger partial charge < -0.3 is 15.2 Å². The maximum Gasteiger partial charge on any atom is 0.287 e. The average Bonchev–Trinajstić information content (AvgIpc) is 2.54. The van der Waals surface area contributed by atoms with Crippen LogP contribution >= 0.6 is 0 Å². The lowest BCUT2D eigenvalue weighted by atomic mass is 10.3. The van der Waals surface area contributed by atoms with E-state index in [1.165, 1.54) is 28.6 Å². The highest BCUT2D eigenvalue weighted by Crippen LogP contribution is 2.20. The van der Waals surface area contributed by atoms with E-state index >= 15 is 0 Å². The smallest absolute Gasteiger partial charge is 0.287 e. The van der Waals surface area contributed by atoms with Gasteiger partial charge in [-0.15, -0.1) is 0 Å². The first-order valence-electron chi connectivity index (χ1n) is 6.76. The fraction of sp³-hybridized carbons (Fsp3) is 0.538. The Hall–Kier alpha value is -1.29. The third kappa shape index (κ3) is 4.13. The normalized spacial score (nSPS) is 17.4. The van der Waals surface area contributed by atoms with Crippen molar-refractivity contribution < 1.29 is 27.0 Å². The average molecular weight is 336 g/mol. The van der Waals surface area contributed by atoms with Crippen LogP contribution in [-0.2, 0) is 14.8 Å². The van der Waals surface area contributed by atoms with E-state index in [1.807, 2.05) is 0 Å². The van der Waals surface area contributed by atoms with Crippen LogP contribution in [0.5, 0.6) is 0 Å². The Morgan fingerprint density at radius 2 is 1.82 bits per heavy atom. The molecular formula is C13H18F2N2O4S. The van der Waals surface area contributed by atoms with Gasteiger partial charge in [0, 0.05) is 18.8 Å². The molecule has 0 radical (unpaired) electrons. The molecule has 0 amide bonds. The monoisotopic (exact) mass is 336 g/mol. The number of nitrogens with zero attached hydrogens (tertiary/aromatic N) is 1. The van der Waals surface area contributed by atoms with Crippen LogP contribution < -0.4 is 5.32 Å². The largest absolute Gasteiger partial charge is 0.390 e. The summed E-state index contributed by atoms with van der Waals surface area (Å²) in [6.07, 6.45) is 0. The van der Waals surface area contributed by atoms with Gasteiger partial charge in [0.25, 0.3) is 5.92 Å². The van der Waals surface area contributed by atoms with Crippen LogP contribution in [0.25, 0.3) is 0 Å². The van der Waals surface area contributed by atoms with E-state index in [2.05, 4.69) is 5.32 Å². The minimum absolute atomic E-state index is 0.105. The highest BCUT2D eigenvalue weighted by Gasteiger charge is 2.28. The number of halogens is 2. The third-order valence-electron chi connectivity index (χ3n) is 3.24. The number of aliphatic hydroxyl groups excluding tert-OH is 1. The second kappa shape index (κ2) is 6.86. The summed E-state index contributed by atoms with van der Waals surface area (Å²) in [5.74, 6) is -3.22. The first kappa shape index (κ1) is 17.1. The number of hydrogen-bond acceptors (Lipinski definition) is 5. The van der Waals surface area contributed by atoms with Gasteiger partial charge in [-0.2, -0.15) is 4.31 Å². The van der Waals surface area contributed by atoms with Crippen LogP contribution in [0.1, 0.15) is 0 Å². The maximum atomic E-state index is 12.9. The highest BCUT2D eigenvalue weighted by molar-refractivity contribution is 7.89. The molecule has 22 heavy (non-hydrogen) atoms. The summed E-state index contributed by atoms with van der Waals surface area (Å²) in [6, 6.07) is 5.57. The maximum absolute atomic E-state index is 12.9. The number of sulfonamides is 1. The number of benzene rings is 1. The Labute approximate surface area is 127 Å². The predicted octanol–water partition coefficient (Wildman–Crippen LogP) is 0.747. The number of morpholine rings is 1. The first-order valence-corrected chi connectivity index (χ1v) is 8.20. The van der Waals surface area contributed by atoms with Crippen LogP contribution in [0.15, 0.2) is 29.2 Å².